The number of aliphatic imine (C=N–C) groups is 1. The molecule has 1 aromatic carbocycles. The molecule has 0 radical (unpaired) electrons. The molecule has 5 saturated carbocycles. The molecule has 2 unspecified atom stereocenters. The number of allylic oxidation sites excluding steroid dienone is 1. The first kappa shape index (κ1) is 48.9. The van der Waals surface area contributed by atoms with Gasteiger partial charge in [-0.1, -0.05) is 64.2 Å². The zero-order valence-electron chi connectivity index (χ0n) is 39.0. The molecule has 0 aromatic heterocycles. The van der Waals surface area contributed by atoms with Gasteiger partial charge >= 0.3 is 18.2 Å². The summed E-state index contributed by atoms with van der Waals surface area (Å²) in [5.41, 5.74) is -0.545. The Morgan fingerprint density at radius 3 is 2.18 bits per heavy atom. The molecule has 3 N–H and O–H groups in total. The Kier molecular flexibility index (Phi) is 15.2. The molecule has 3 amide bonds. The summed E-state index contributed by atoms with van der Waals surface area (Å²) in [6.07, 6.45) is 7.91. The van der Waals surface area contributed by atoms with Gasteiger partial charge in [-0.25, -0.2) is 14.6 Å². The summed E-state index contributed by atoms with van der Waals surface area (Å²) in [6, 6.07) is 7.05. The summed E-state index contributed by atoms with van der Waals surface area (Å²) in [7, 11) is 0. The average Bonchev–Trinajstić information content (AvgIpc) is 3.66. The Morgan fingerprint density at radius 1 is 0.919 bits per heavy atom. The average molecular weight is 877 g/mol. The number of rotatable bonds is 14. The molecule has 0 heterocycles. The van der Waals surface area contributed by atoms with Crippen molar-refractivity contribution in [3.63, 3.8) is 0 Å². The summed E-state index contributed by atoms with van der Waals surface area (Å²) >= 11 is 1.27. The van der Waals surface area contributed by atoms with Gasteiger partial charge in [-0.2, -0.15) is 0 Å². The molecule has 5 fully saturated rings. The zero-order chi connectivity index (χ0) is 45.8. The highest BCUT2D eigenvalue weighted by Crippen LogP contribution is 2.71. The number of esters is 1. The second-order valence-corrected chi connectivity index (χ2v) is 21.9. The van der Waals surface area contributed by atoms with Crippen molar-refractivity contribution in [1.82, 2.24) is 16.0 Å². The third kappa shape index (κ3) is 11.7. The van der Waals surface area contributed by atoms with Crippen LogP contribution in [0, 0.1) is 45.8 Å². The van der Waals surface area contributed by atoms with Gasteiger partial charge in [0.05, 0.1) is 10.8 Å². The number of thioether (sulfide) groups is 1. The van der Waals surface area contributed by atoms with E-state index in [9.17, 15) is 19.2 Å². The molecule has 13 heteroatoms. The molecular weight excluding hydrogens is 805 g/mol. The van der Waals surface area contributed by atoms with Crippen molar-refractivity contribution in [3.05, 3.63) is 58.6 Å². The van der Waals surface area contributed by atoms with Crippen molar-refractivity contribution < 1.29 is 38.2 Å². The Bertz CT molecular complexity index is 1920. The van der Waals surface area contributed by atoms with Crippen molar-refractivity contribution in [2.75, 3.05) is 18.8 Å². The number of ether oxygens (including phenoxy) is 3. The van der Waals surface area contributed by atoms with E-state index >= 15 is 4.79 Å². The maximum atomic E-state index is 15.0. The van der Waals surface area contributed by atoms with E-state index in [1.807, 2.05) is 19.9 Å². The van der Waals surface area contributed by atoms with E-state index in [4.69, 9.17) is 14.2 Å². The number of benzene rings is 1. The topological polar surface area (TPSA) is 161 Å². The maximum Gasteiger partial charge on any atom is 0.407 e. The van der Waals surface area contributed by atoms with Gasteiger partial charge in [0, 0.05) is 48.2 Å². The first-order chi connectivity index (χ1) is 28.9. The Hall–Kier alpha value is -4.13. The van der Waals surface area contributed by atoms with Gasteiger partial charge in [0.2, 0.25) is 0 Å². The molecule has 0 saturated heterocycles. The number of hydrogen-bond donors (Lipinski definition) is 3. The summed E-state index contributed by atoms with van der Waals surface area (Å²) < 4.78 is 17.3. The number of ketones is 1. The van der Waals surface area contributed by atoms with Crippen LogP contribution in [0.15, 0.2) is 52.5 Å². The van der Waals surface area contributed by atoms with E-state index in [1.54, 1.807) is 72.0 Å². The molecule has 5 aliphatic carbocycles. The molecule has 62 heavy (non-hydrogen) atoms. The van der Waals surface area contributed by atoms with E-state index in [0.29, 0.717) is 52.7 Å². The van der Waals surface area contributed by atoms with Gasteiger partial charge in [-0.3, -0.25) is 14.4 Å². The van der Waals surface area contributed by atoms with Crippen molar-refractivity contribution in [1.29, 1.82) is 0 Å². The monoisotopic (exact) mass is 877 g/mol. The summed E-state index contributed by atoms with van der Waals surface area (Å²) in [5, 5.41) is 9.10. The number of carbonyl (C=O) groups is 5. The van der Waals surface area contributed by atoms with Crippen LogP contribution in [-0.4, -0.2) is 72.2 Å². The molecule has 342 valence electrons. The van der Waals surface area contributed by atoms with Crippen LogP contribution < -0.4 is 16.0 Å². The lowest BCUT2D eigenvalue weighted by atomic mass is 9.52. The second-order valence-electron chi connectivity index (χ2n) is 20.9. The van der Waals surface area contributed by atoms with Crippen molar-refractivity contribution in [2.45, 2.75) is 145 Å². The smallest absolute Gasteiger partial charge is 0.407 e. The van der Waals surface area contributed by atoms with Crippen LogP contribution in [0.4, 0.5) is 9.59 Å². The third-order valence-corrected chi connectivity index (χ3v) is 15.2. The fraction of sp³-hybridized carbons (Fsp3) is 0.673. The zero-order valence-corrected chi connectivity index (χ0v) is 39.9. The Morgan fingerprint density at radius 2 is 1.55 bits per heavy atom. The molecule has 1 spiro atoms. The number of fused-ring (bicyclic) bond motifs is 4. The Labute approximate surface area is 374 Å². The first-order valence-corrected chi connectivity index (χ1v) is 23.4. The largest absolute Gasteiger partial charge is 0.461 e. The predicted octanol–water partition coefficient (Wildman–Crippen LogP) is 9.57. The number of alkyl carbamates (subject to hydrolysis) is 2. The fourth-order valence-corrected chi connectivity index (χ4v) is 11.7. The number of amides is 3. The molecule has 5 aliphatic rings. The van der Waals surface area contributed by atoms with E-state index in [2.05, 4.69) is 48.3 Å². The van der Waals surface area contributed by atoms with Gasteiger partial charge in [-0.05, 0) is 146 Å². The lowest BCUT2D eigenvalue weighted by molar-refractivity contribution is -0.170. The van der Waals surface area contributed by atoms with Gasteiger partial charge in [0.15, 0.2) is 0 Å². The highest BCUT2D eigenvalue weighted by atomic mass is 32.2. The van der Waals surface area contributed by atoms with Crippen LogP contribution in [-0.2, 0) is 30.3 Å². The van der Waals surface area contributed by atoms with Crippen LogP contribution in [0.2, 0.25) is 0 Å². The number of nitrogens with zero attached hydrogens (tertiary/aromatic N) is 1. The van der Waals surface area contributed by atoms with Crippen molar-refractivity contribution in [3.8, 4) is 0 Å². The van der Waals surface area contributed by atoms with Gasteiger partial charge in [-0.15, -0.1) is 0 Å². The maximum absolute atomic E-state index is 15.0. The molecule has 5 bridgehead atoms. The van der Waals surface area contributed by atoms with Crippen molar-refractivity contribution >= 4 is 47.8 Å². The van der Waals surface area contributed by atoms with Gasteiger partial charge < -0.3 is 30.2 Å². The SMILES string of the molecule is C=C(/C=N\C(=C/C)SCC(=O)O[C@@H]1C[C@](C)(CCNC(=O)c2ccc(CNC(=O)OC(C)(C)C)cc2)C(=O)[C@H](C)[C@]23CCC(C2)C2[C@@H](C[C@@H](C)[C@]21C)C3)CNC(=O)OC(C)(C)C. The van der Waals surface area contributed by atoms with Crippen LogP contribution in [0.3, 0.4) is 0 Å². The Balaban J connectivity index is 1.28. The fourth-order valence-electron chi connectivity index (χ4n) is 11.1. The minimum absolute atomic E-state index is 0.0147. The molecule has 0 aliphatic heterocycles. The molecule has 9 atom stereocenters. The lowest BCUT2D eigenvalue weighted by Crippen LogP contribution is -2.54. The van der Waals surface area contributed by atoms with Crippen LogP contribution >= 0.6 is 11.8 Å². The summed E-state index contributed by atoms with van der Waals surface area (Å²) in [5.74, 6) is 1.18. The van der Waals surface area contributed by atoms with Gasteiger partial charge in [0.25, 0.3) is 5.91 Å². The molecule has 6 rings (SSSR count). The molecule has 1 aromatic rings. The highest BCUT2D eigenvalue weighted by molar-refractivity contribution is 8.03. The molecular formula is C49H72N4O8S. The number of hydrogen-bond acceptors (Lipinski definition) is 10. The number of Topliss-reactive ketones (excluding diaryl/α,β-unsaturated/α-hetero) is 1. The van der Waals surface area contributed by atoms with E-state index < -0.39 is 34.9 Å². The minimum Gasteiger partial charge on any atom is -0.461 e. The van der Waals surface area contributed by atoms with Crippen LogP contribution in [0.25, 0.3) is 0 Å². The van der Waals surface area contributed by atoms with Crippen LogP contribution in [0.1, 0.15) is 137 Å². The summed E-state index contributed by atoms with van der Waals surface area (Å²) in [4.78, 5) is 71.2. The predicted molar refractivity (Wildman–Crippen MR) is 245 cm³/mol. The normalized spacial score (nSPS) is 30.8. The van der Waals surface area contributed by atoms with E-state index in [-0.39, 0.29) is 59.8 Å². The standard InChI is InChI=1S/C49H72N4O8S/c1-13-38(51-26-30(2)27-52-43(57)60-45(5,6)7)62-29-39(54)59-37-25-47(11,20-21-50-42(56)34-16-14-33(15-17-34)28-53-44(58)61-46(8,9)10)41(55)32(4)49-19-18-35(23-49)40-36(24-49)22-31(3)48(37,40)12/h13-17,26,31-32,35-37,40H,2,18-25,27-29H2,1,3-12H3,(H,50,56)(H,52,57)(H,53,58)/b38-13+,51-26-/t31-,32+,35?,36+,37-,40?,47+,48+,49-/m1/s1. The quantitative estimate of drug-likeness (QED) is 0.0939. The third-order valence-electron chi connectivity index (χ3n) is 14.1. The van der Waals surface area contributed by atoms with E-state index in [1.165, 1.54) is 11.8 Å². The lowest BCUT2D eigenvalue weighted by Gasteiger charge is -2.53. The van der Waals surface area contributed by atoms with Crippen molar-refractivity contribution in [2.24, 2.45) is 50.8 Å². The molecule has 12 nitrogen and oxygen atoms in total. The second kappa shape index (κ2) is 19.3. The number of nitrogens with one attached hydrogen (secondary N) is 3. The van der Waals surface area contributed by atoms with Crippen LogP contribution in [0.5, 0.6) is 0 Å². The van der Waals surface area contributed by atoms with Gasteiger partial charge in [0.1, 0.15) is 23.1 Å². The number of carbonyl (C=O) groups excluding carboxylic acids is 5. The van der Waals surface area contributed by atoms with E-state index in [0.717, 1.165) is 37.7 Å². The minimum atomic E-state index is -0.862. The first-order valence-electron chi connectivity index (χ1n) is 22.4. The highest BCUT2D eigenvalue weighted by Gasteiger charge is 2.67. The summed E-state index contributed by atoms with van der Waals surface area (Å²) in [6.45, 7) is 26.1.